The van der Waals surface area contributed by atoms with Crippen LogP contribution in [0.2, 0.25) is 0 Å². The summed E-state index contributed by atoms with van der Waals surface area (Å²) in [5.41, 5.74) is 0. The summed E-state index contributed by atoms with van der Waals surface area (Å²) < 4.78 is 10.4. The number of rotatable bonds is 6. The van der Waals surface area contributed by atoms with Gasteiger partial charge in [-0.3, -0.25) is 0 Å². The number of hydrogen-bond donors (Lipinski definition) is 1. The fourth-order valence-electron chi connectivity index (χ4n) is 0.815. The van der Waals surface area contributed by atoms with Gasteiger partial charge in [0.1, 0.15) is 6.10 Å². The van der Waals surface area contributed by atoms with Crippen molar-refractivity contribution < 1.29 is 14.6 Å². The van der Waals surface area contributed by atoms with Gasteiger partial charge in [-0.2, -0.15) is 0 Å². The van der Waals surface area contributed by atoms with Crippen LogP contribution in [0.15, 0.2) is 12.7 Å². The Morgan fingerprint density at radius 1 is 1.29 bits per heavy atom. The van der Waals surface area contributed by atoms with Crippen LogP contribution in [0, 0.1) is 11.8 Å². The first-order valence-electron chi connectivity index (χ1n) is 4.77. The van der Waals surface area contributed by atoms with Gasteiger partial charge in [0.25, 0.3) is 0 Å². The van der Waals surface area contributed by atoms with Crippen LogP contribution in [0.25, 0.3) is 0 Å². The van der Waals surface area contributed by atoms with E-state index in [0.717, 1.165) is 0 Å². The summed E-state index contributed by atoms with van der Waals surface area (Å²) in [5.74, 6) is 5.35. The van der Waals surface area contributed by atoms with Crippen molar-refractivity contribution in [1.82, 2.24) is 0 Å². The Bertz CT molecular complexity index is 196. The molecule has 80 valence electrons. The van der Waals surface area contributed by atoms with E-state index in [2.05, 4.69) is 18.4 Å². The molecule has 0 radical (unpaired) electrons. The molecule has 1 unspecified atom stereocenters. The van der Waals surface area contributed by atoms with Gasteiger partial charge in [0.15, 0.2) is 0 Å². The molecule has 0 heterocycles. The minimum atomic E-state index is -0.684. The maximum absolute atomic E-state index is 9.28. The van der Waals surface area contributed by atoms with E-state index in [0.29, 0.717) is 19.6 Å². The first-order valence-corrected chi connectivity index (χ1v) is 4.77. The Morgan fingerprint density at radius 2 is 1.86 bits per heavy atom. The van der Waals surface area contributed by atoms with E-state index in [1.165, 1.54) is 0 Å². The first-order chi connectivity index (χ1) is 6.74. The van der Waals surface area contributed by atoms with E-state index in [9.17, 15) is 5.11 Å². The Hall–Kier alpha value is -0.820. The zero-order valence-electron chi connectivity index (χ0n) is 8.82. The van der Waals surface area contributed by atoms with Crippen molar-refractivity contribution in [2.75, 3.05) is 13.2 Å². The lowest BCUT2D eigenvalue weighted by Gasteiger charge is -2.09. The molecule has 0 aliphatic carbocycles. The number of ether oxygens (including phenoxy) is 2. The van der Waals surface area contributed by atoms with E-state index in [1.54, 1.807) is 6.08 Å². The maximum atomic E-state index is 9.28. The zero-order valence-corrected chi connectivity index (χ0v) is 8.82. The fraction of sp³-hybridized carbons (Fsp3) is 0.636. The molecule has 0 aromatic heterocycles. The molecule has 0 aliphatic rings. The van der Waals surface area contributed by atoms with Gasteiger partial charge >= 0.3 is 0 Å². The van der Waals surface area contributed by atoms with E-state index < -0.39 is 12.4 Å². The van der Waals surface area contributed by atoms with Crippen molar-refractivity contribution in [2.24, 2.45) is 0 Å². The van der Waals surface area contributed by atoms with Gasteiger partial charge in [0.05, 0.1) is 0 Å². The topological polar surface area (TPSA) is 38.7 Å². The van der Waals surface area contributed by atoms with Crippen molar-refractivity contribution >= 4 is 0 Å². The molecular formula is C11H18O3. The third-order valence-electron chi connectivity index (χ3n) is 1.39. The Kier molecular flexibility index (Phi) is 8.25. The predicted molar refractivity (Wildman–Crippen MR) is 55.6 cm³/mol. The quantitative estimate of drug-likeness (QED) is 0.397. The van der Waals surface area contributed by atoms with Gasteiger partial charge < -0.3 is 14.6 Å². The van der Waals surface area contributed by atoms with Gasteiger partial charge in [-0.15, -0.1) is 6.58 Å². The number of aliphatic hydroxyl groups excluding tert-OH is 1. The molecule has 0 saturated carbocycles. The lowest BCUT2D eigenvalue weighted by molar-refractivity contribution is -0.0971. The third kappa shape index (κ3) is 6.67. The van der Waals surface area contributed by atoms with Crippen LogP contribution in [-0.2, 0) is 9.47 Å². The van der Waals surface area contributed by atoms with Crippen molar-refractivity contribution in [1.29, 1.82) is 0 Å². The monoisotopic (exact) mass is 198 g/mol. The first kappa shape index (κ1) is 13.2. The number of aliphatic hydroxyl groups is 1. The van der Waals surface area contributed by atoms with E-state index in [-0.39, 0.29) is 0 Å². The minimum absolute atomic E-state index is 0.456. The van der Waals surface area contributed by atoms with Crippen LogP contribution in [0.1, 0.15) is 20.3 Å². The Balaban J connectivity index is 4.03. The Morgan fingerprint density at radius 3 is 2.29 bits per heavy atom. The van der Waals surface area contributed by atoms with E-state index in [1.807, 2.05) is 13.8 Å². The molecule has 0 amide bonds. The fourth-order valence-corrected chi connectivity index (χ4v) is 0.815. The highest BCUT2D eigenvalue weighted by molar-refractivity contribution is 5.08. The van der Waals surface area contributed by atoms with Crippen molar-refractivity contribution in [3.05, 3.63) is 12.7 Å². The third-order valence-corrected chi connectivity index (χ3v) is 1.39. The van der Waals surface area contributed by atoms with Crippen molar-refractivity contribution in [2.45, 2.75) is 32.7 Å². The second-order valence-corrected chi connectivity index (χ2v) is 2.57. The summed E-state index contributed by atoms with van der Waals surface area (Å²) in [7, 11) is 0. The van der Waals surface area contributed by atoms with E-state index in [4.69, 9.17) is 9.47 Å². The molecule has 0 spiro atoms. The predicted octanol–water partition coefficient (Wildman–Crippen LogP) is 1.33. The van der Waals surface area contributed by atoms with Gasteiger partial charge in [-0.05, 0) is 19.8 Å². The van der Waals surface area contributed by atoms with Crippen LogP contribution in [-0.4, -0.2) is 30.7 Å². The van der Waals surface area contributed by atoms with Crippen LogP contribution in [0.4, 0.5) is 0 Å². The van der Waals surface area contributed by atoms with Crippen molar-refractivity contribution in [3.8, 4) is 11.8 Å². The lowest BCUT2D eigenvalue weighted by Crippen LogP contribution is -2.15. The van der Waals surface area contributed by atoms with Gasteiger partial charge in [-0.1, -0.05) is 12.0 Å². The molecule has 3 nitrogen and oxygen atoms in total. The average molecular weight is 198 g/mol. The summed E-state index contributed by atoms with van der Waals surface area (Å²) in [6.45, 7) is 8.33. The van der Waals surface area contributed by atoms with Crippen molar-refractivity contribution in [3.63, 3.8) is 0 Å². The normalized spacial score (nSPS) is 12.0. The average Bonchev–Trinajstić information content (AvgIpc) is 2.15. The molecule has 0 bridgehead atoms. The molecule has 0 aromatic rings. The maximum Gasteiger partial charge on any atom is 0.222 e. The van der Waals surface area contributed by atoms with Gasteiger partial charge in [-0.25, -0.2) is 0 Å². The molecule has 0 fully saturated rings. The van der Waals surface area contributed by atoms with E-state index >= 15 is 0 Å². The molecule has 0 aliphatic heterocycles. The standard InChI is InChI=1S/C11H18O3/c1-4-7-10(12)8-9-11(13-5-2)14-6-3/h4,10-12H,1,5-7H2,2-3H3. The molecule has 3 heteroatoms. The largest absolute Gasteiger partial charge is 0.380 e. The highest BCUT2D eigenvalue weighted by atomic mass is 16.7. The summed E-state index contributed by atoms with van der Waals surface area (Å²) in [6.07, 6.45) is 0.855. The second-order valence-electron chi connectivity index (χ2n) is 2.57. The molecule has 0 aromatic carbocycles. The smallest absolute Gasteiger partial charge is 0.222 e. The summed E-state index contributed by atoms with van der Waals surface area (Å²) in [5, 5.41) is 9.28. The highest BCUT2D eigenvalue weighted by Crippen LogP contribution is 1.95. The molecule has 0 rings (SSSR count). The lowest BCUT2D eigenvalue weighted by atomic mass is 10.2. The molecule has 0 saturated heterocycles. The van der Waals surface area contributed by atoms with Gasteiger partial charge in [0, 0.05) is 19.6 Å². The SMILES string of the molecule is C=CCC(O)C#CC(OCC)OCC. The molecular weight excluding hydrogens is 180 g/mol. The number of hydrogen-bond acceptors (Lipinski definition) is 3. The Labute approximate surface area is 85.7 Å². The molecule has 1 N–H and O–H groups in total. The second kappa shape index (κ2) is 8.76. The van der Waals surface area contributed by atoms with Crippen LogP contribution in [0.3, 0.4) is 0 Å². The van der Waals surface area contributed by atoms with Crippen LogP contribution < -0.4 is 0 Å². The zero-order chi connectivity index (χ0) is 10.8. The highest BCUT2D eigenvalue weighted by Gasteiger charge is 2.02. The summed E-state index contributed by atoms with van der Waals surface area (Å²) >= 11 is 0. The summed E-state index contributed by atoms with van der Waals surface area (Å²) in [4.78, 5) is 0. The van der Waals surface area contributed by atoms with Crippen LogP contribution >= 0.6 is 0 Å². The van der Waals surface area contributed by atoms with Gasteiger partial charge in [0.2, 0.25) is 6.29 Å². The summed E-state index contributed by atoms with van der Waals surface area (Å²) in [6, 6.07) is 0. The minimum Gasteiger partial charge on any atom is -0.380 e. The molecule has 14 heavy (non-hydrogen) atoms. The van der Waals surface area contributed by atoms with Crippen LogP contribution in [0.5, 0.6) is 0 Å². The molecule has 1 atom stereocenters.